The van der Waals surface area contributed by atoms with Gasteiger partial charge in [-0.2, -0.15) is 5.26 Å². The first-order valence-corrected chi connectivity index (χ1v) is 9.31. The number of nitrogens with zero attached hydrogens (tertiary/aromatic N) is 4. The van der Waals surface area contributed by atoms with Crippen LogP contribution in [0.3, 0.4) is 0 Å². The highest BCUT2D eigenvalue weighted by molar-refractivity contribution is 6.30. The van der Waals surface area contributed by atoms with E-state index in [9.17, 15) is 0 Å². The molecule has 0 amide bonds. The van der Waals surface area contributed by atoms with E-state index >= 15 is 0 Å². The van der Waals surface area contributed by atoms with E-state index in [0.717, 1.165) is 37.1 Å². The number of hydrogen-bond donors (Lipinski definition) is 1. The number of nitriles is 1. The Kier molecular flexibility index (Phi) is 8.40. The molecule has 0 atom stereocenters. The van der Waals surface area contributed by atoms with Gasteiger partial charge in [0.25, 0.3) is 0 Å². The Morgan fingerprint density at radius 1 is 1.15 bits per heavy atom. The third kappa shape index (κ3) is 7.16. The van der Waals surface area contributed by atoms with Crippen LogP contribution in [0.1, 0.15) is 25.7 Å². The van der Waals surface area contributed by atoms with Gasteiger partial charge in [-0.3, -0.25) is 0 Å². The van der Waals surface area contributed by atoms with E-state index in [4.69, 9.17) is 27.3 Å². The van der Waals surface area contributed by atoms with Gasteiger partial charge in [0, 0.05) is 23.7 Å². The molecule has 0 aliphatic rings. The van der Waals surface area contributed by atoms with Gasteiger partial charge in [-0.1, -0.05) is 24.4 Å². The van der Waals surface area contributed by atoms with Crippen molar-refractivity contribution in [3.63, 3.8) is 0 Å². The molecule has 0 radical (unpaired) electrons. The monoisotopic (exact) mass is 386 g/mol. The number of halogens is 1. The Hall–Kier alpha value is -2.78. The zero-order chi connectivity index (χ0) is 19.5. The van der Waals surface area contributed by atoms with Crippen molar-refractivity contribution in [1.82, 2.24) is 0 Å². The van der Waals surface area contributed by atoms with Crippen molar-refractivity contribution in [3.05, 3.63) is 53.8 Å². The second-order valence-corrected chi connectivity index (χ2v) is 6.60. The Bertz CT molecular complexity index is 768. The van der Waals surface area contributed by atoms with Crippen molar-refractivity contribution < 1.29 is 9.30 Å². The van der Waals surface area contributed by atoms with Gasteiger partial charge in [0.2, 0.25) is 12.2 Å². The van der Waals surface area contributed by atoms with E-state index in [-0.39, 0.29) is 5.96 Å². The fraction of sp³-hybridized carbons (Fsp3) is 0.350. The maximum absolute atomic E-state index is 8.78. The third-order valence-electron chi connectivity index (χ3n) is 4.07. The van der Waals surface area contributed by atoms with E-state index in [0.29, 0.717) is 18.2 Å². The van der Waals surface area contributed by atoms with Gasteiger partial charge in [-0.15, -0.1) is 4.99 Å². The number of hydrogen-bond acceptors (Lipinski definition) is 3. The second-order valence-electron chi connectivity index (χ2n) is 6.16. The summed E-state index contributed by atoms with van der Waals surface area (Å²) in [5, 5.41) is 9.49. The van der Waals surface area contributed by atoms with Crippen LogP contribution in [0.15, 0.2) is 53.8 Å². The van der Waals surface area contributed by atoms with Crippen LogP contribution in [0.25, 0.3) is 0 Å². The van der Waals surface area contributed by atoms with Crippen molar-refractivity contribution in [2.75, 3.05) is 18.1 Å². The molecule has 0 unspecified atom stereocenters. The number of ether oxygens (including phenoxy) is 1. The summed E-state index contributed by atoms with van der Waals surface area (Å²) in [7, 11) is 1.95. The fourth-order valence-corrected chi connectivity index (χ4v) is 2.73. The minimum Gasteiger partial charge on any atom is -0.494 e. The maximum Gasteiger partial charge on any atom is 0.211 e. The van der Waals surface area contributed by atoms with Gasteiger partial charge in [-0.25, -0.2) is 4.57 Å². The summed E-state index contributed by atoms with van der Waals surface area (Å²) >= 11 is 5.85. The number of aliphatic imine (C=N–C) groups is 1. The molecular formula is C20H25ClN5O+. The molecule has 1 heterocycles. The van der Waals surface area contributed by atoms with Gasteiger partial charge < -0.3 is 15.4 Å². The van der Waals surface area contributed by atoms with Gasteiger partial charge in [0.05, 0.1) is 12.3 Å². The van der Waals surface area contributed by atoms with Crippen molar-refractivity contribution in [2.45, 2.75) is 25.7 Å². The van der Waals surface area contributed by atoms with Gasteiger partial charge in [0.15, 0.2) is 12.4 Å². The van der Waals surface area contributed by atoms with Crippen LogP contribution in [-0.4, -0.2) is 19.1 Å². The normalized spacial score (nSPS) is 11.1. The van der Waals surface area contributed by atoms with Gasteiger partial charge in [0.1, 0.15) is 12.8 Å². The zero-order valence-electron chi connectivity index (χ0n) is 15.5. The summed E-state index contributed by atoms with van der Waals surface area (Å²) in [5.41, 5.74) is 6.88. The number of aromatic nitrogens is 1. The minimum atomic E-state index is 0.220. The average molecular weight is 387 g/mol. The van der Waals surface area contributed by atoms with Crippen LogP contribution >= 0.6 is 11.6 Å². The van der Waals surface area contributed by atoms with Crippen LogP contribution < -0.4 is 19.9 Å². The Morgan fingerprint density at radius 2 is 1.81 bits per heavy atom. The van der Waals surface area contributed by atoms with Crippen molar-refractivity contribution in [3.8, 4) is 11.9 Å². The van der Waals surface area contributed by atoms with Crippen LogP contribution in [0.4, 0.5) is 5.69 Å². The van der Waals surface area contributed by atoms with E-state index in [1.54, 1.807) is 6.19 Å². The summed E-state index contributed by atoms with van der Waals surface area (Å²) < 4.78 is 7.64. The summed E-state index contributed by atoms with van der Waals surface area (Å²) in [4.78, 5) is 5.55. The quantitative estimate of drug-likeness (QED) is 0.235. The fourth-order valence-electron chi connectivity index (χ4n) is 2.61. The highest BCUT2D eigenvalue weighted by Crippen LogP contribution is 2.16. The number of nitrogens with two attached hydrogens (primary N) is 1. The minimum absolute atomic E-state index is 0.220. The number of anilines is 1. The lowest BCUT2D eigenvalue weighted by Gasteiger charge is -2.22. The molecule has 1 aromatic heterocycles. The molecule has 0 fully saturated rings. The second kappa shape index (κ2) is 11.0. The lowest BCUT2D eigenvalue weighted by atomic mass is 10.2. The van der Waals surface area contributed by atoms with Crippen LogP contribution in [0.5, 0.6) is 5.75 Å². The zero-order valence-corrected chi connectivity index (χ0v) is 16.3. The first-order chi connectivity index (χ1) is 13.1. The number of aryl methyl sites for hydroxylation is 1. The Morgan fingerprint density at radius 3 is 2.48 bits per heavy atom. The summed E-state index contributed by atoms with van der Waals surface area (Å²) in [6.07, 6.45) is 9.66. The molecule has 142 valence electrons. The van der Waals surface area contributed by atoms with Crippen LogP contribution in [-0.2, 0) is 7.05 Å². The van der Waals surface area contributed by atoms with E-state index in [1.807, 2.05) is 65.3 Å². The molecule has 0 aliphatic carbocycles. The third-order valence-corrected chi connectivity index (χ3v) is 4.32. The Balaban J connectivity index is 1.73. The highest BCUT2D eigenvalue weighted by atomic mass is 35.5. The van der Waals surface area contributed by atoms with E-state index < -0.39 is 0 Å². The van der Waals surface area contributed by atoms with Crippen LogP contribution in [0.2, 0.25) is 5.02 Å². The maximum atomic E-state index is 8.78. The predicted octanol–water partition coefficient (Wildman–Crippen LogP) is 3.41. The predicted molar refractivity (Wildman–Crippen MR) is 108 cm³/mol. The molecule has 7 heteroatoms. The molecule has 27 heavy (non-hydrogen) atoms. The largest absolute Gasteiger partial charge is 0.494 e. The van der Waals surface area contributed by atoms with Gasteiger partial charge >= 0.3 is 0 Å². The average Bonchev–Trinajstić information content (AvgIpc) is 2.66. The number of rotatable bonds is 9. The number of unbranched alkanes of at least 4 members (excludes halogenated alkanes) is 3. The summed E-state index contributed by atoms with van der Waals surface area (Å²) in [6, 6.07) is 11.3. The van der Waals surface area contributed by atoms with Crippen molar-refractivity contribution in [1.29, 1.82) is 5.26 Å². The molecule has 0 bridgehead atoms. The summed E-state index contributed by atoms with van der Waals surface area (Å²) in [6.45, 7) is 1.39. The molecule has 0 aliphatic heterocycles. The molecular weight excluding hydrogens is 362 g/mol. The standard InChI is InChI=1S/C20H25ClN5O/c1-25-13-10-18(11-14-25)26(20(23)24-16-22)12-4-2-3-5-15-27-19-8-6-17(21)7-9-19/h6-11,13-14H,2-5,12,15H2,1H3,(H2,23,24)/q+1. The Labute approximate surface area is 165 Å². The topological polar surface area (TPSA) is 78.5 Å². The number of guanidine groups is 1. The van der Waals surface area contributed by atoms with Gasteiger partial charge in [-0.05, 0) is 37.1 Å². The number of pyridine rings is 1. The van der Waals surface area contributed by atoms with Crippen molar-refractivity contribution in [2.24, 2.45) is 17.8 Å². The van der Waals surface area contributed by atoms with E-state index in [1.165, 1.54) is 0 Å². The molecule has 0 saturated carbocycles. The molecule has 2 aromatic rings. The number of benzene rings is 1. The SMILES string of the molecule is C[n+]1ccc(N(CCCCCCOc2ccc(Cl)cc2)C(N)=NC#N)cc1. The summed E-state index contributed by atoms with van der Waals surface area (Å²) in [5.74, 6) is 1.06. The lowest BCUT2D eigenvalue weighted by Crippen LogP contribution is -2.38. The lowest BCUT2D eigenvalue weighted by molar-refractivity contribution is -0.671. The smallest absolute Gasteiger partial charge is 0.211 e. The molecule has 6 nitrogen and oxygen atoms in total. The molecule has 0 spiro atoms. The molecule has 2 rings (SSSR count). The molecule has 2 N–H and O–H groups in total. The first-order valence-electron chi connectivity index (χ1n) is 8.93. The highest BCUT2D eigenvalue weighted by Gasteiger charge is 2.12. The molecule has 1 aromatic carbocycles. The first kappa shape index (κ1) is 20.5. The van der Waals surface area contributed by atoms with Crippen LogP contribution in [0, 0.1) is 11.5 Å². The van der Waals surface area contributed by atoms with Crippen molar-refractivity contribution >= 4 is 23.2 Å². The molecule has 0 saturated heterocycles. The van der Waals surface area contributed by atoms with E-state index in [2.05, 4.69) is 4.99 Å².